The predicted octanol–water partition coefficient (Wildman–Crippen LogP) is 3.45. The van der Waals surface area contributed by atoms with Gasteiger partial charge < -0.3 is 5.73 Å². The number of rotatable bonds is 2. The number of nitro groups is 1. The molecule has 86 valence electrons. The maximum atomic E-state index is 10.8. The van der Waals surface area contributed by atoms with E-state index in [1.54, 1.807) is 18.2 Å². The van der Waals surface area contributed by atoms with Crippen LogP contribution in [0.3, 0.4) is 0 Å². The van der Waals surface area contributed by atoms with Gasteiger partial charge in [0, 0.05) is 17.3 Å². The van der Waals surface area contributed by atoms with E-state index in [1.807, 2.05) is 40.8 Å². The lowest BCUT2D eigenvalue weighted by Gasteiger charge is -2.05. The number of nitrogens with two attached hydrogens (primary N) is 1. The second-order valence-corrected chi connectivity index (χ2v) is 4.60. The molecular formula is C12H9IN2O2. The molecule has 0 aliphatic rings. The van der Waals surface area contributed by atoms with Crippen molar-refractivity contribution in [1.82, 2.24) is 0 Å². The summed E-state index contributed by atoms with van der Waals surface area (Å²) in [5, 5.41) is 10.8. The van der Waals surface area contributed by atoms with Gasteiger partial charge in [0.1, 0.15) is 0 Å². The van der Waals surface area contributed by atoms with E-state index in [1.165, 1.54) is 6.07 Å². The average Bonchev–Trinajstić information content (AvgIpc) is 2.30. The van der Waals surface area contributed by atoms with Crippen molar-refractivity contribution in [3.8, 4) is 11.1 Å². The monoisotopic (exact) mass is 340 g/mol. The van der Waals surface area contributed by atoms with Gasteiger partial charge in [0.15, 0.2) is 0 Å². The molecule has 17 heavy (non-hydrogen) atoms. The summed E-state index contributed by atoms with van der Waals surface area (Å²) in [5.74, 6) is 0. The fourth-order valence-corrected chi connectivity index (χ4v) is 2.41. The molecule has 0 heterocycles. The number of nitrogen functional groups attached to an aromatic ring is 1. The smallest absolute Gasteiger partial charge is 0.283 e. The second-order valence-electron chi connectivity index (χ2n) is 3.52. The molecule has 2 aromatic carbocycles. The van der Waals surface area contributed by atoms with Gasteiger partial charge in [0.2, 0.25) is 0 Å². The molecule has 0 radical (unpaired) electrons. The molecule has 0 bridgehead atoms. The van der Waals surface area contributed by atoms with Crippen LogP contribution in [-0.4, -0.2) is 4.92 Å². The topological polar surface area (TPSA) is 69.2 Å². The minimum absolute atomic E-state index is 0.125. The van der Waals surface area contributed by atoms with Crippen molar-refractivity contribution >= 4 is 34.0 Å². The summed E-state index contributed by atoms with van der Waals surface area (Å²) in [7, 11) is 0. The van der Waals surface area contributed by atoms with E-state index in [0.29, 0.717) is 9.26 Å². The molecule has 2 rings (SSSR count). The number of halogens is 1. The lowest BCUT2D eigenvalue weighted by molar-refractivity contribution is -0.385. The summed E-state index contributed by atoms with van der Waals surface area (Å²) in [6, 6.07) is 12.3. The predicted molar refractivity (Wildman–Crippen MR) is 75.7 cm³/mol. The van der Waals surface area contributed by atoms with E-state index in [9.17, 15) is 10.1 Å². The number of benzene rings is 2. The average molecular weight is 340 g/mol. The van der Waals surface area contributed by atoms with Crippen LogP contribution in [0.1, 0.15) is 0 Å². The summed E-state index contributed by atoms with van der Waals surface area (Å²) >= 11 is 2.00. The zero-order valence-corrected chi connectivity index (χ0v) is 10.9. The van der Waals surface area contributed by atoms with Crippen LogP contribution in [0, 0.1) is 13.7 Å². The Bertz CT molecular complexity index is 567. The Morgan fingerprint density at radius 2 is 1.76 bits per heavy atom. The van der Waals surface area contributed by atoms with Crippen molar-refractivity contribution in [2.75, 3.05) is 5.73 Å². The molecule has 0 aliphatic carbocycles. The fraction of sp³-hybridized carbons (Fsp3) is 0. The first-order chi connectivity index (χ1) is 8.09. The third kappa shape index (κ3) is 2.38. The van der Waals surface area contributed by atoms with Crippen molar-refractivity contribution in [2.24, 2.45) is 0 Å². The molecular weight excluding hydrogens is 331 g/mol. The van der Waals surface area contributed by atoms with Gasteiger partial charge in [-0.25, -0.2) is 0 Å². The summed E-state index contributed by atoms with van der Waals surface area (Å²) in [6.45, 7) is 0. The third-order valence-electron chi connectivity index (χ3n) is 2.40. The number of hydrogen-bond acceptors (Lipinski definition) is 3. The zero-order chi connectivity index (χ0) is 12.4. The van der Waals surface area contributed by atoms with Gasteiger partial charge in [0.25, 0.3) is 5.69 Å². The van der Waals surface area contributed by atoms with Crippen LogP contribution >= 0.6 is 22.6 Å². The van der Waals surface area contributed by atoms with Crippen molar-refractivity contribution in [1.29, 1.82) is 0 Å². The Balaban J connectivity index is 2.56. The van der Waals surface area contributed by atoms with Gasteiger partial charge in [-0.3, -0.25) is 10.1 Å². The maximum absolute atomic E-state index is 10.8. The van der Waals surface area contributed by atoms with Gasteiger partial charge in [-0.2, -0.15) is 0 Å². The molecule has 0 aromatic heterocycles. The van der Waals surface area contributed by atoms with E-state index >= 15 is 0 Å². The Hall–Kier alpha value is -1.63. The van der Waals surface area contributed by atoms with Gasteiger partial charge in [-0.15, -0.1) is 0 Å². The third-order valence-corrected chi connectivity index (χ3v) is 3.53. The molecule has 2 aromatic rings. The molecule has 0 aliphatic heterocycles. The van der Waals surface area contributed by atoms with Crippen LogP contribution in [0.25, 0.3) is 11.1 Å². The van der Waals surface area contributed by atoms with Crippen LogP contribution < -0.4 is 5.73 Å². The summed E-state index contributed by atoms with van der Waals surface area (Å²) in [4.78, 5) is 10.5. The fourth-order valence-electron chi connectivity index (χ4n) is 1.55. The van der Waals surface area contributed by atoms with Gasteiger partial charge in [-0.05, 0) is 40.3 Å². The number of nitro benzene ring substituents is 1. The Labute approximate surface area is 112 Å². The second kappa shape index (κ2) is 4.70. The first kappa shape index (κ1) is 11.8. The number of hydrogen-bond donors (Lipinski definition) is 1. The lowest BCUT2D eigenvalue weighted by atomic mass is 10.0. The standard InChI is InChI=1S/C12H9IN2O2/c13-12-10(2-1-3-11(12)15(16)17)8-4-6-9(14)7-5-8/h1-7H,14H2. The van der Waals surface area contributed by atoms with Crippen molar-refractivity contribution in [3.63, 3.8) is 0 Å². The molecule has 0 spiro atoms. The SMILES string of the molecule is Nc1ccc(-c2cccc([N+](=O)[O-])c2I)cc1. The van der Waals surface area contributed by atoms with E-state index in [4.69, 9.17) is 5.73 Å². The Morgan fingerprint density at radius 1 is 1.12 bits per heavy atom. The molecule has 0 saturated heterocycles. The highest BCUT2D eigenvalue weighted by molar-refractivity contribution is 14.1. The normalized spacial score (nSPS) is 10.2. The highest BCUT2D eigenvalue weighted by Gasteiger charge is 2.15. The lowest BCUT2D eigenvalue weighted by Crippen LogP contribution is -1.93. The van der Waals surface area contributed by atoms with Crippen molar-refractivity contribution in [3.05, 3.63) is 56.1 Å². The molecule has 0 amide bonds. The highest BCUT2D eigenvalue weighted by atomic mass is 127. The zero-order valence-electron chi connectivity index (χ0n) is 8.76. The number of anilines is 1. The summed E-state index contributed by atoms with van der Waals surface area (Å²) in [6.07, 6.45) is 0. The minimum Gasteiger partial charge on any atom is -0.399 e. The number of nitrogens with zero attached hydrogens (tertiary/aromatic N) is 1. The van der Waals surface area contributed by atoms with Crippen LogP contribution in [-0.2, 0) is 0 Å². The molecule has 4 nitrogen and oxygen atoms in total. The largest absolute Gasteiger partial charge is 0.399 e. The van der Waals surface area contributed by atoms with Crippen LogP contribution in [0.5, 0.6) is 0 Å². The molecule has 2 N–H and O–H groups in total. The van der Waals surface area contributed by atoms with Crippen LogP contribution in [0.2, 0.25) is 0 Å². The molecule has 5 heteroatoms. The first-order valence-corrected chi connectivity index (χ1v) is 5.96. The van der Waals surface area contributed by atoms with E-state index in [2.05, 4.69) is 0 Å². The molecule has 0 fully saturated rings. The summed E-state index contributed by atoms with van der Waals surface area (Å²) < 4.78 is 0.639. The molecule has 0 atom stereocenters. The maximum Gasteiger partial charge on any atom is 0.283 e. The first-order valence-electron chi connectivity index (χ1n) is 4.88. The summed E-state index contributed by atoms with van der Waals surface area (Å²) in [5.41, 5.74) is 8.18. The van der Waals surface area contributed by atoms with E-state index < -0.39 is 0 Å². The van der Waals surface area contributed by atoms with Crippen molar-refractivity contribution in [2.45, 2.75) is 0 Å². The highest BCUT2D eigenvalue weighted by Crippen LogP contribution is 2.31. The minimum atomic E-state index is -0.372. The van der Waals surface area contributed by atoms with E-state index in [-0.39, 0.29) is 10.6 Å². The van der Waals surface area contributed by atoms with Gasteiger partial charge in [0.05, 0.1) is 8.49 Å². The van der Waals surface area contributed by atoms with Gasteiger partial charge in [-0.1, -0.05) is 24.3 Å². The van der Waals surface area contributed by atoms with E-state index in [0.717, 1.165) is 11.1 Å². The van der Waals surface area contributed by atoms with Crippen LogP contribution in [0.15, 0.2) is 42.5 Å². The van der Waals surface area contributed by atoms with Crippen molar-refractivity contribution < 1.29 is 4.92 Å². The molecule has 0 unspecified atom stereocenters. The molecule has 0 saturated carbocycles. The quantitative estimate of drug-likeness (QED) is 0.394. The Kier molecular flexibility index (Phi) is 3.28. The Morgan fingerprint density at radius 3 is 2.35 bits per heavy atom. The van der Waals surface area contributed by atoms with Crippen LogP contribution in [0.4, 0.5) is 11.4 Å². The van der Waals surface area contributed by atoms with Gasteiger partial charge >= 0.3 is 0 Å².